The maximum Gasteiger partial charge on any atom is 0.331 e. The fourth-order valence-electron chi connectivity index (χ4n) is 3.24. The highest BCUT2D eigenvalue weighted by Crippen LogP contribution is 2.22. The molecule has 2 aromatic rings. The Labute approximate surface area is 181 Å². The van der Waals surface area contributed by atoms with Gasteiger partial charge in [0.25, 0.3) is 5.91 Å². The fraction of sp³-hybridized carbons (Fsp3) is 0.364. The summed E-state index contributed by atoms with van der Waals surface area (Å²) < 4.78 is 37.5. The van der Waals surface area contributed by atoms with Gasteiger partial charge in [0.2, 0.25) is 10.0 Å². The normalized spacial score (nSPS) is 15.5. The van der Waals surface area contributed by atoms with E-state index in [0.29, 0.717) is 30.3 Å². The molecule has 0 aliphatic carbocycles. The molecule has 0 unspecified atom stereocenters. The monoisotopic (exact) mass is 446 g/mol. The second kappa shape index (κ2) is 10.4. The van der Waals surface area contributed by atoms with Crippen molar-refractivity contribution in [1.29, 1.82) is 0 Å². The molecule has 0 saturated carbocycles. The average Bonchev–Trinajstić information content (AvgIpc) is 2.98. The third-order valence-electron chi connectivity index (χ3n) is 4.81. The maximum absolute atomic E-state index is 12.9. The second-order valence-electron chi connectivity index (χ2n) is 7.28. The molecule has 1 aromatic heterocycles. The number of rotatable bonds is 7. The molecule has 166 valence electrons. The van der Waals surface area contributed by atoms with Gasteiger partial charge in [0.1, 0.15) is 11.5 Å². The number of carbonyl (C=O) groups is 2. The molecule has 1 N–H and O–H groups in total. The van der Waals surface area contributed by atoms with Crippen LogP contribution in [-0.2, 0) is 24.3 Å². The minimum absolute atomic E-state index is 0.126. The van der Waals surface area contributed by atoms with Crippen LogP contribution in [0.2, 0.25) is 0 Å². The van der Waals surface area contributed by atoms with Crippen LogP contribution in [0.15, 0.2) is 51.8 Å². The number of esters is 1. The first-order chi connectivity index (χ1) is 14.8. The number of amides is 1. The van der Waals surface area contributed by atoms with Crippen LogP contribution in [0.5, 0.6) is 0 Å². The van der Waals surface area contributed by atoms with Crippen molar-refractivity contribution in [3.63, 3.8) is 0 Å². The molecule has 1 saturated heterocycles. The van der Waals surface area contributed by atoms with Crippen molar-refractivity contribution in [2.45, 2.75) is 37.5 Å². The van der Waals surface area contributed by atoms with Gasteiger partial charge >= 0.3 is 5.97 Å². The van der Waals surface area contributed by atoms with Crippen molar-refractivity contribution >= 4 is 33.7 Å². The molecule has 1 amide bonds. The van der Waals surface area contributed by atoms with Gasteiger partial charge in [0.05, 0.1) is 4.90 Å². The van der Waals surface area contributed by atoms with Crippen LogP contribution in [0.3, 0.4) is 0 Å². The third-order valence-corrected chi connectivity index (χ3v) is 6.71. The van der Waals surface area contributed by atoms with E-state index in [2.05, 4.69) is 5.32 Å². The van der Waals surface area contributed by atoms with Gasteiger partial charge in [-0.05, 0) is 56.2 Å². The van der Waals surface area contributed by atoms with Crippen LogP contribution in [0.25, 0.3) is 6.08 Å². The molecule has 1 aliphatic rings. The minimum atomic E-state index is -3.62. The minimum Gasteiger partial charge on any atom is -0.462 e. The second-order valence-corrected chi connectivity index (χ2v) is 9.22. The number of nitrogens with zero attached hydrogens (tertiary/aromatic N) is 1. The van der Waals surface area contributed by atoms with Gasteiger partial charge in [0, 0.05) is 24.9 Å². The molecule has 31 heavy (non-hydrogen) atoms. The molecular weight excluding hydrogens is 420 g/mol. The van der Waals surface area contributed by atoms with Gasteiger partial charge in [0.15, 0.2) is 6.61 Å². The Balaban J connectivity index is 1.55. The number of aryl methyl sites for hydroxylation is 1. The molecule has 1 aliphatic heterocycles. The van der Waals surface area contributed by atoms with Crippen LogP contribution >= 0.6 is 0 Å². The number of nitrogens with one attached hydrogen (secondary N) is 1. The number of furan rings is 1. The smallest absolute Gasteiger partial charge is 0.331 e. The quantitative estimate of drug-likeness (QED) is 0.516. The number of carbonyl (C=O) groups excluding carboxylic acids is 2. The lowest BCUT2D eigenvalue weighted by molar-refractivity contribution is -0.142. The summed E-state index contributed by atoms with van der Waals surface area (Å²) in [4.78, 5) is 24.0. The van der Waals surface area contributed by atoms with Gasteiger partial charge < -0.3 is 14.5 Å². The molecular formula is C22H26N2O6S. The summed E-state index contributed by atoms with van der Waals surface area (Å²) in [6.07, 6.45) is 6.35. The molecule has 3 rings (SSSR count). The Morgan fingerprint density at radius 2 is 1.87 bits per heavy atom. The zero-order chi connectivity index (χ0) is 22.3. The van der Waals surface area contributed by atoms with Crippen molar-refractivity contribution < 1.29 is 27.2 Å². The number of sulfonamides is 1. The first kappa shape index (κ1) is 22.8. The first-order valence-electron chi connectivity index (χ1n) is 10.2. The SMILES string of the molecule is Cc1ccc(/C=C/C(=O)OCC(=O)Nc2cccc(S(=O)(=O)N3CCCCCC3)c2)o1. The lowest BCUT2D eigenvalue weighted by Gasteiger charge is -2.20. The van der Waals surface area contributed by atoms with Gasteiger partial charge in [-0.1, -0.05) is 18.9 Å². The zero-order valence-electron chi connectivity index (χ0n) is 17.4. The standard InChI is InChI=1S/C22H26N2O6S/c1-17-9-10-19(30-17)11-12-22(26)29-16-21(25)23-18-7-6-8-20(15-18)31(27,28)24-13-4-2-3-5-14-24/h6-12,15H,2-5,13-14,16H2,1H3,(H,23,25)/b12-11+. The van der Waals surface area contributed by atoms with Crippen molar-refractivity contribution in [2.24, 2.45) is 0 Å². The summed E-state index contributed by atoms with van der Waals surface area (Å²) in [6, 6.07) is 9.55. The molecule has 8 nitrogen and oxygen atoms in total. The van der Waals surface area contributed by atoms with E-state index in [1.54, 1.807) is 31.2 Å². The summed E-state index contributed by atoms with van der Waals surface area (Å²) >= 11 is 0. The van der Waals surface area contributed by atoms with Crippen molar-refractivity contribution in [1.82, 2.24) is 4.31 Å². The predicted molar refractivity (Wildman–Crippen MR) is 116 cm³/mol. The zero-order valence-corrected chi connectivity index (χ0v) is 18.2. The first-order valence-corrected chi connectivity index (χ1v) is 11.6. The van der Waals surface area contributed by atoms with E-state index in [9.17, 15) is 18.0 Å². The van der Waals surface area contributed by atoms with Gasteiger partial charge in [-0.2, -0.15) is 4.31 Å². The van der Waals surface area contributed by atoms with E-state index in [-0.39, 0.29) is 4.90 Å². The van der Waals surface area contributed by atoms with E-state index < -0.39 is 28.5 Å². The highest BCUT2D eigenvalue weighted by atomic mass is 32.2. The van der Waals surface area contributed by atoms with Gasteiger partial charge in [-0.25, -0.2) is 13.2 Å². The molecule has 0 spiro atoms. The van der Waals surface area contributed by atoms with Gasteiger partial charge in [-0.3, -0.25) is 4.79 Å². The van der Waals surface area contributed by atoms with Crippen LogP contribution in [0, 0.1) is 6.92 Å². The summed E-state index contributed by atoms with van der Waals surface area (Å²) in [6.45, 7) is 2.29. The average molecular weight is 447 g/mol. The number of anilines is 1. The van der Waals surface area contributed by atoms with E-state index in [0.717, 1.165) is 25.7 Å². The summed E-state index contributed by atoms with van der Waals surface area (Å²) in [5.41, 5.74) is 0.318. The van der Waals surface area contributed by atoms with Crippen LogP contribution < -0.4 is 5.32 Å². The highest BCUT2D eigenvalue weighted by Gasteiger charge is 2.25. The van der Waals surface area contributed by atoms with Crippen molar-refractivity contribution in [3.8, 4) is 0 Å². The van der Waals surface area contributed by atoms with Crippen LogP contribution in [0.4, 0.5) is 5.69 Å². The number of hydrogen-bond acceptors (Lipinski definition) is 6. The summed E-state index contributed by atoms with van der Waals surface area (Å²) in [7, 11) is -3.62. The fourth-order valence-corrected chi connectivity index (χ4v) is 4.80. The molecule has 1 aromatic carbocycles. The summed E-state index contributed by atoms with van der Waals surface area (Å²) in [5.74, 6) is -0.0459. The number of benzene rings is 1. The van der Waals surface area contributed by atoms with Gasteiger partial charge in [-0.15, -0.1) is 0 Å². The molecule has 0 radical (unpaired) electrons. The third kappa shape index (κ3) is 6.53. The van der Waals surface area contributed by atoms with Crippen molar-refractivity contribution in [3.05, 3.63) is 54.0 Å². The van der Waals surface area contributed by atoms with E-state index in [4.69, 9.17) is 9.15 Å². The topological polar surface area (TPSA) is 106 Å². The highest BCUT2D eigenvalue weighted by molar-refractivity contribution is 7.89. The Kier molecular flexibility index (Phi) is 7.64. The number of hydrogen-bond donors (Lipinski definition) is 1. The Bertz CT molecular complexity index is 1050. The lowest BCUT2D eigenvalue weighted by atomic mass is 10.2. The van der Waals surface area contributed by atoms with Crippen molar-refractivity contribution in [2.75, 3.05) is 25.0 Å². The maximum atomic E-state index is 12.9. The van der Waals surface area contributed by atoms with Crippen LogP contribution in [0.1, 0.15) is 37.2 Å². The van der Waals surface area contributed by atoms with E-state index >= 15 is 0 Å². The van der Waals surface area contributed by atoms with Crippen LogP contribution in [-0.4, -0.2) is 44.3 Å². The number of ether oxygens (including phenoxy) is 1. The molecule has 2 heterocycles. The predicted octanol–water partition coefficient (Wildman–Crippen LogP) is 3.35. The molecule has 9 heteroatoms. The molecule has 1 fully saturated rings. The lowest BCUT2D eigenvalue weighted by Crippen LogP contribution is -2.32. The van der Waals surface area contributed by atoms with E-state index in [1.807, 2.05) is 0 Å². The van der Waals surface area contributed by atoms with E-state index in [1.165, 1.54) is 28.6 Å². The Morgan fingerprint density at radius 3 is 2.55 bits per heavy atom. The summed E-state index contributed by atoms with van der Waals surface area (Å²) in [5, 5.41) is 2.56. The Morgan fingerprint density at radius 1 is 1.13 bits per heavy atom. The largest absolute Gasteiger partial charge is 0.462 e. The molecule has 0 atom stereocenters. The Hall–Kier alpha value is -2.91. The molecule has 0 bridgehead atoms.